The lowest BCUT2D eigenvalue weighted by atomic mass is 10.2. The van der Waals surface area contributed by atoms with Gasteiger partial charge in [0.15, 0.2) is 6.61 Å². The molecule has 2 N–H and O–H groups in total. The van der Waals surface area contributed by atoms with E-state index in [1.165, 1.54) is 12.3 Å². The molecule has 3 rings (SSSR count). The lowest BCUT2D eigenvalue weighted by molar-refractivity contribution is -0.123. The van der Waals surface area contributed by atoms with Crippen molar-refractivity contribution in [2.45, 2.75) is 0 Å². The first-order chi connectivity index (χ1) is 12.1. The molecule has 0 saturated heterocycles. The normalized spacial score (nSPS) is 10.9. The predicted octanol–water partition coefficient (Wildman–Crippen LogP) is 3.23. The maximum atomic E-state index is 11.8. The second kappa shape index (κ2) is 7.76. The van der Waals surface area contributed by atoms with Crippen LogP contribution in [0.25, 0.3) is 10.9 Å². The third-order valence-corrected chi connectivity index (χ3v) is 3.96. The molecule has 0 unspecified atom stereocenters. The van der Waals surface area contributed by atoms with Gasteiger partial charge in [0.05, 0.1) is 10.7 Å². The van der Waals surface area contributed by atoms with E-state index in [9.17, 15) is 9.90 Å². The zero-order chi connectivity index (χ0) is 17.6. The number of halogens is 1. The Morgan fingerprint density at radius 2 is 2.12 bits per heavy atom. The summed E-state index contributed by atoms with van der Waals surface area (Å²) in [4.78, 5) is 16.1. The molecule has 3 aromatic rings. The van der Waals surface area contributed by atoms with E-state index in [0.717, 1.165) is 10.9 Å². The minimum atomic E-state index is -0.387. The largest absolute Gasteiger partial charge is 0.507 e. The molecule has 0 radical (unpaired) electrons. The number of benzene rings is 2. The van der Waals surface area contributed by atoms with Crippen molar-refractivity contribution >= 4 is 39.0 Å². The van der Waals surface area contributed by atoms with Crippen LogP contribution >= 0.6 is 15.9 Å². The van der Waals surface area contributed by atoms with Crippen LogP contribution in [0.5, 0.6) is 11.5 Å². The quantitative estimate of drug-likeness (QED) is 0.509. The maximum absolute atomic E-state index is 11.8. The van der Waals surface area contributed by atoms with E-state index in [1.807, 2.05) is 24.3 Å². The van der Waals surface area contributed by atoms with Crippen molar-refractivity contribution in [3.8, 4) is 11.5 Å². The van der Waals surface area contributed by atoms with Crippen molar-refractivity contribution in [1.82, 2.24) is 10.4 Å². The lowest BCUT2D eigenvalue weighted by Crippen LogP contribution is -2.24. The number of nitrogens with zero attached hydrogens (tertiary/aromatic N) is 2. The Bertz CT molecular complexity index is 939. The van der Waals surface area contributed by atoms with Gasteiger partial charge in [-0.2, -0.15) is 5.10 Å². The number of fused-ring (bicyclic) bond motifs is 1. The van der Waals surface area contributed by atoms with Crippen LogP contribution in [-0.2, 0) is 4.79 Å². The number of ether oxygens (including phenoxy) is 1. The first-order valence-corrected chi connectivity index (χ1v) is 8.20. The first kappa shape index (κ1) is 16.9. The van der Waals surface area contributed by atoms with Gasteiger partial charge in [0, 0.05) is 11.6 Å². The summed E-state index contributed by atoms with van der Waals surface area (Å²) < 4.78 is 6.08. The minimum Gasteiger partial charge on any atom is -0.507 e. The van der Waals surface area contributed by atoms with Crippen LogP contribution in [0, 0.1) is 0 Å². The van der Waals surface area contributed by atoms with Gasteiger partial charge in [0.25, 0.3) is 5.91 Å². The molecule has 0 aliphatic carbocycles. The Morgan fingerprint density at radius 3 is 2.96 bits per heavy atom. The Kier molecular flexibility index (Phi) is 5.25. The number of hydrogen-bond donors (Lipinski definition) is 2. The number of para-hydroxylation sites is 1. The molecule has 126 valence electrons. The highest BCUT2D eigenvalue weighted by Crippen LogP contribution is 2.24. The van der Waals surface area contributed by atoms with E-state index in [-0.39, 0.29) is 18.3 Å². The number of aromatic hydroxyl groups is 1. The Hall–Kier alpha value is -2.93. The van der Waals surface area contributed by atoms with E-state index < -0.39 is 0 Å². The molecule has 1 heterocycles. The second-order valence-corrected chi connectivity index (χ2v) is 5.98. The van der Waals surface area contributed by atoms with E-state index in [2.05, 4.69) is 31.4 Å². The monoisotopic (exact) mass is 399 g/mol. The molecule has 6 nitrogen and oxygen atoms in total. The zero-order valence-electron chi connectivity index (χ0n) is 13.0. The van der Waals surface area contributed by atoms with Gasteiger partial charge in [-0.25, -0.2) is 5.43 Å². The number of carbonyl (C=O) groups is 1. The van der Waals surface area contributed by atoms with Crippen molar-refractivity contribution in [2.75, 3.05) is 6.61 Å². The van der Waals surface area contributed by atoms with Crippen molar-refractivity contribution in [1.29, 1.82) is 0 Å². The molecule has 0 aliphatic rings. The number of phenols is 1. The summed E-state index contributed by atoms with van der Waals surface area (Å²) in [6.07, 6.45) is 3.15. The number of phenolic OH excluding ortho intramolecular Hbond substituents is 1. The Morgan fingerprint density at radius 1 is 1.28 bits per heavy atom. The average Bonchev–Trinajstić information content (AvgIpc) is 2.63. The summed E-state index contributed by atoms with van der Waals surface area (Å²) >= 11 is 3.21. The van der Waals surface area contributed by atoms with E-state index in [1.54, 1.807) is 24.4 Å². The van der Waals surface area contributed by atoms with E-state index >= 15 is 0 Å². The van der Waals surface area contributed by atoms with Gasteiger partial charge in [-0.15, -0.1) is 0 Å². The van der Waals surface area contributed by atoms with Gasteiger partial charge >= 0.3 is 0 Å². The van der Waals surface area contributed by atoms with Gasteiger partial charge in [-0.05, 0) is 51.8 Å². The third-order valence-electron chi connectivity index (χ3n) is 3.33. The van der Waals surface area contributed by atoms with Crippen molar-refractivity contribution < 1.29 is 14.6 Å². The summed E-state index contributed by atoms with van der Waals surface area (Å²) in [6, 6.07) is 14.2. The van der Waals surface area contributed by atoms with Gasteiger partial charge in [0.2, 0.25) is 0 Å². The molecule has 0 aliphatic heterocycles. The number of hydrogen-bond acceptors (Lipinski definition) is 5. The third kappa shape index (κ3) is 4.33. The number of aromatic nitrogens is 1. The number of nitrogens with one attached hydrogen (secondary N) is 1. The molecule has 1 amide bonds. The van der Waals surface area contributed by atoms with E-state index in [0.29, 0.717) is 15.7 Å². The van der Waals surface area contributed by atoms with Gasteiger partial charge in [-0.1, -0.05) is 18.2 Å². The van der Waals surface area contributed by atoms with Crippen LogP contribution in [0.4, 0.5) is 0 Å². The highest BCUT2D eigenvalue weighted by Gasteiger charge is 2.06. The summed E-state index contributed by atoms with van der Waals surface area (Å²) in [6.45, 7) is -0.174. The highest BCUT2D eigenvalue weighted by molar-refractivity contribution is 9.10. The number of pyridine rings is 1. The molecule has 0 atom stereocenters. The predicted molar refractivity (Wildman–Crippen MR) is 98.8 cm³/mol. The number of rotatable bonds is 5. The molecule has 0 fully saturated rings. The molecule has 1 aromatic heterocycles. The molecule has 0 saturated carbocycles. The maximum Gasteiger partial charge on any atom is 0.277 e. The van der Waals surface area contributed by atoms with Crippen molar-refractivity contribution in [3.05, 3.63) is 64.8 Å². The molecule has 0 bridgehead atoms. The second-order valence-electron chi connectivity index (χ2n) is 5.12. The molecule has 2 aromatic carbocycles. The fourth-order valence-electron chi connectivity index (χ4n) is 2.15. The van der Waals surface area contributed by atoms with Crippen LogP contribution < -0.4 is 10.2 Å². The lowest BCUT2D eigenvalue weighted by Gasteiger charge is -2.07. The van der Waals surface area contributed by atoms with Crippen LogP contribution in [-0.4, -0.2) is 28.8 Å². The smallest absolute Gasteiger partial charge is 0.277 e. The number of carbonyl (C=O) groups excluding carboxylic acids is 1. The summed E-state index contributed by atoms with van der Waals surface area (Å²) in [5.41, 5.74) is 3.82. The molecular weight excluding hydrogens is 386 g/mol. The van der Waals surface area contributed by atoms with Crippen LogP contribution in [0.1, 0.15) is 5.56 Å². The Labute approximate surface area is 152 Å². The Balaban J connectivity index is 1.57. The number of amides is 1. The fourth-order valence-corrected chi connectivity index (χ4v) is 2.55. The summed E-state index contributed by atoms with van der Waals surface area (Å²) in [7, 11) is 0. The summed E-state index contributed by atoms with van der Waals surface area (Å²) in [5, 5.41) is 14.2. The minimum absolute atomic E-state index is 0.137. The van der Waals surface area contributed by atoms with Crippen LogP contribution in [0.3, 0.4) is 0 Å². The molecule has 0 spiro atoms. The highest BCUT2D eigenvalue weighted by atomic mass is 79.9. The van der Waals surface area contributed by atoms with Crippen LogP contribution in [0.15, 0.2) is 64.3 Å². The first-order valence-electron chi connectivity index (χ1n) is 7.40. The average molecular weight is 400 g/mol. The SMILES string of the molecule is O=C(COc1cccc2cccnc12)N/N=C\c1ccc(O)c(Br)c1. The van der Waals surface area contributed by atoms with Crippen LogP contribution in [0.2, 0.25) is 0 Å². The van der Waals surface area contributed by atoms with E-state index in [4.69, 9.17) is 4.74 Å². The summed E-state index contributed by atoms with van der Waals surface area (Å²) in [5.74, 6) is 0.292. The van der Waals surface area contributed by atoms with Gasteiger partial charge in [-0.3, -0.25) is 9.78 Å². The molecular formula is C18H14BrN3O3. The number of hydrazone groups is 1. The van der Waals surface area contributed by atoms with Crippen molar-refractivity contribution in [2.24, 2.45) is 5.10 Å². The topological polar surface area (TPSA) is 83.8 Å². The standard InChI is InChI=1S/C18H14BrN3O3/c19-14-9-12(6-7-15(14)23)10-21-22-17(24)11-25-16-5-1-3-13-4-2-8-20-18(13)16/h1-10,23H,11H2,(H,22,24)/b21-10-. The van der Waals surface area contributed by atoms with Crippen molar-refractivity contribution in [3.63, 3.8) is 0 Å². The fraction of sp³-hybridized carbons (Fsp3) is 0.0556. The van der Waals surface area contributed by atoms with Gasteiger partial charge in [0.1, 0.15) is 17.0 Å². The zero-order valence-corrected chi connectivity index (χ0v) is 14.6. The molecule has 7 heteroatoms. The van der Waals surface area contributed by atoms with Gasteiger partial charge < -0.3 is 9.84 Å². The molecule has 25 heavy (non-hydrogen) atoms.